The van der Waals surface area contributed by atoms with Gasteiger partial charge in [0.2, 0.25) is 0 Å². The van der Waals surface area contributed by atoms with Crippen LogP contribution in [0.1, 0.15) is 24.6 Å². The van der Waals surface area contributed by atoms with E-state index < -0.39 is 0 Å². The van der Waals surface area contributed by atoms with Crippen molar-refractivity contribution in [3.8, 4) is 0 Å². The molecule has 0 aliphatic heterocycles. The highest BCUT2D eigenvalue weighted by Crippen LogP contribution is 2.07. The van der Waals surface area contributed by atoms with Crippen LogP contribution in [-0.2, 0) is 17.8 Å². The average molecular weight is 317 g/mol. The summed E-state index contributed by atoms with van der Waals surface area (Å²) in [5.74, 6) is 0. The Bertz CT molecular complexity index is 552. The molecule has 0 fully saturated rings. The fourth-order valence-corrected chi connectivity index (χ4v) is 2.95. The van der Waals surface area contributed by atoms with Crippen LogP contribution in [0.3, 0.4) is 0 Å². The molecule has 0 saturated heterocycles. The van der Waals surface area contributed by atoms with Crippen LogP contribution in [0.5, 0.6) is 0 Å². The van der Waals surface area contributed by atoms with Gasteiger partial charge in [-0.3, -0.25) is 0 Å². The molecular weight excluding hydrogens is 288 g/mol. The van der Waals surface area contributed by atoms with Crippen molar-refractivity contribution in [2.24, 2.45) is 0 Å². The highest BCUT2D eigenvalue weighted by Gasteiger charge is 2.14. The molecule has 4 nitrogen and oxygen atoms in total. The minimum absolute atomic E-state index is 0.287. The summed E-state index contributed by atoms with van der Waals surface area (Å²) in [6.07, 6.45) is 2.86. The monoisotopic (exact) mass is 317 g/mol. The highest BCUT2D eigenvalue weighted by molar-refractivity contribution is 5.17. The van der Waals surface area contributed by atoms with Crippen molar-refractivity contribution in [1.82, 2.24) is 4.57 Å². The second-order valence-corrected chi connectivity index (χ2v) is 6.19. The van der Waals surface area contributed by atoms with Crippen molar-refractivity contribution in [3.63, 3.8) is 0 Å². The maximum atomic E-state index is 9.75. The van der Waals surface area contributed by atoms with Gasteiger partial charge in [-0.05, 0) is 24.6 Å². The number of hydrogen-bond acceptors (Lipinski definition) is 2. The van der Waals surface area contributed by atoms with Crippen LogP contribution >= 0.6 is 0 Å². The molecular formula is C19H29N2O2+. The first kappa shape index (κ1) is 17.7. The number of benzene rings is 1. The van der Waals surface area contributed by atoms with E-state index in [1.807, 2.05) is 13.0 Å². The molecule has 2 rings (SSSR count). The van der Waals surface area contributed by atoms with Gasteiger partial charge >= 0.3 is 0 Å². The number of aromatic nitrogens is 1. The van der Waals surface area contributed by atoms with Crippen molar-refractivity contribution in [2.45, 2.75) is 32.5 Å². The molecule has 1 heterocycles. The van der Waals surface area contributed by atoms with E-state index in [2.05, 4.69) is 47.2 Å². The highest BCUT2D eigenvalue weighted by atomic mass is 16.5. The van der Waals surface area contributed by atoms with E-state index in [0.29, 0.717) is 0 Å². The third-order valence-electron chi connectivity index (χ3n) is 4.01. The van der Waals surface area contributed by atoms with Crippen LogP contribution in [0, 0.1) is 0 Å². The largest absolute Gasteiger partial charge is 0.388 e. The molecule has 1 aromatic heterocycles. The van der Waals surface area contributed by atoms with E-state index >= 15 is 0 Å². The Morgan fingerprint density at radius 3 is 2.65 bits per heavy atom. The normalized spacial score (nSPS) is 13.9. The molecule has 0 radical (unpaired) electrons. The van der Waals surface area contributed by atoms with Gasteiger partial charge in [-0.25, -0.2) is 0 Å². The lowest BCUT2D eigenvalue weighted by Crippen LogP contribution is -3.11. The molecule has 23 heavy (non-hydrogen) atoms. The van der Waals surface area contributed by atoms with Gasteiger partial charge in [0.25, 0.3) is 0 Å². The smallest absolute Gasteiger partial charge is 0.118 e. The van der Waals surface area contributed by atoms with Crippen molar-refractivity contribution in [2.75, 3.05) is 26.8 Å². The van der Waals surface area contributed by atoms with Gasteiger partial charge in [-0.2, -0.15) is 0 Å². The van der Waals surface area contributed by atoms with Crippen LogP contribution in [0.2, 0.25) is 0 Å². The van der Waals surface area contributed by atoms with Crippen LogP contribution in [0.25, 0.3) is 0 Å². The van der Waals surface area contributed by atoms with Gasteiger partial charge in [0.15, 0.2) is 0 Å². The first-order valence-corrected chi connectivity index (χ1v) is 8.37. The van der Waals surface area contributed by atoms with E-state index in [9.17, 15) is 5.11 Å². The van der Waals surface area contributed by atoms with Crippen LogP contribution < -0.4 is 4.90 Å². The Labute approximate surface area is 139 Å². The number of nitrogens with zero attached hydrogens (tertiary/aromatic N) is 1. The van der Waals surface area contributed by atoms with Gasteiger partial charge in [0.1, 0.15) is 19.2 Å². The average Bonchev–Trinajstić information content (AvgIpc) is 2.95. The van der Waals surface area contributed by atoms with Gasteiger partial charge in [0.05, 0.1) is 18.8 Å². The van der Waals surface area contributed by atoms with Crippen molar-refractivity contribution >= 4 is 0 Å². The zero-order valence-electron chi connectivity index (χ0n) is 14.2. The first-order chi connectivity index (χ1) is 11.2. The van der Waals surface area contributed by atoms with Crippen molar-refractivity contribution in [1.29, 1.82) is 0 Å². The number of aliphatic hydroxyl groups is 1. The Morgan fingerprint density at radius 1 is 1.17 bits per heavy atom. The number of hydrogen-bond donors (Lipinski definition) is 2. The lowest BCUT2D eigenvalue weighted by molar-refractivity contribution is -0.917. The summed E-state index contributed by atoms with van der Waals surface area (Å²) in [5.41, 5.74) is 2.61. The number of rotatable bonds is 10. The number of ether oxygens (including phenoxy) is 1. The molecule has 126 valence electrons. The molecule has 2 atom stereocenters. The molecule has 2 N–H and O–H groups in total. The quantitative estimate of drug-likeness (QED) is 0.649. The topological polar surface area (TPSA) is 38.8 Å². The minimum Gasteiger partial charge on any atom is -0.388 e. The zero-order valence-corrected chi connectivity index (χ0v) is 14.2. The standard InChI is InChI=1S/C19H28N2O2/c1-17(22)14-20(11-7-13-23-2)16-19-10-6-12-21(19)15-18-8-4-3-5-9-18/h3-6,8-10,12,17,22H,7,11,13-16H2,1-2H3/p+1/t17-/m1/s1. The lowest BCUT2D eigenvalue weighted by atomic mass is 10.2. The minimum atomic E-state index is -0.287. The molecule has 1 aromatic carbocycles. The van der Waals surface area contributed by atoms with E-state index in [1.54, 1.807) is 7.11 Å². The fraction of sp³-hybridized carbons (Fsp3) is 0.474. The molecule has 0 spiro atoms. The molecule has 1 unspecified atom stereocenters. The second-order valence-electron chi connectivity index (χ2n) is 6.19. The number of methoxy groups -OCH3 is 1. The van der Waals surface area contributed by atoms with Gasteiger partial charge < -0.3 is 19.3 Å². The van der Waals surface area contributed by atoms with Crippen LogP contribution in [-0.4, -0.2) is 42.6 Å². The molecule has 0 aliphatic carbocycles. The summed E-state index contributed by atoms with van der Waals surface area (Å²) in [5, 5.41) is 9.75. The predicted molar refractivity (Wildman–Crippen MR) is 92.6 cm³/mol. The Hall–Kier alpha value is -1.62. The Morgan fingerprint density at radius 2 is 1.96 bits per heavy atom. The van der Waals surface area contributed by atoms with Gasteiger partial charge in [0, 0.05) is 26.3 Å². The third-order valence-corrected chi connectivity index (χ3v) is 4.01. The van der Waals surface area contributed by atoms with Gasteiger partial charge in [-0.15, -0.1) is 0 Å². The predicted octanol–water partition coefficient (Wildman–Crippen LogP) is 1.34. The van der Waals surface area contributed by atoms with Crippen LogP contribution in [0.15, 0.2) is 48.7 Å². The summed E-state index contributed by atoms with van der Waals surface area (Å²) < 4.78 is 7.45. The number of aliphatic hydroxyl groups excluding tert-OH is 1. The molecule has 4 heteroatoms. The lowest BCUT2D eigenvalue weighted by Gasteiger charge is -2.22. The first-order valence-electron chi connectivity index (χ1n) is 8.37. The number of quaternary nitrogens is 1. The summed E-state index contributed by atoms with van der Waals surface area (Å²) >= 11 is 0. The molecule has 0 bridgehead atoms. The summed E-state index contributed by atoms with van der Waals surface area (Å²) in [7, 11) is 1.74. The fourth-order valence-electron chi connectivity index (χ4n) is 2.95. The number of nitrogens with one attached hydrogen (secondary N) is 1. The van der Waals surface area contributed by atoms with E-state index in [1.165, 1.54) is 16.2 Å². The van der Waals surface area contributed by atoms with E-state index in [-0.39, 0.29) is 6.10 Å². The maximum absolute atomic E-state index is 9.75. The Kier molecular flexibility index (Phi) is 7.33. The van der Waals surface area contributed by atoms with Gasteiger partial charge in [-0.1, -0.05) is 30.3 Å². The molecule has 2 aromatic rings. The second kappa shape index (κ2) is 9.50. The van der Waals surface area contributed by atoms with E-state index in [4.69, 9.17) is 4.74 Å². The summed E-state index contributed by atoms with van der Waals surface area (Å²) in [6, 6.07) is 14.8. The molecule has 0 amide bonds. The maximum Gasteiger partial charge on any atom is 0.118 e. The van der Waals surface area contributed by atoms with Crippen LogP contribution in [0.4, 0.5) is 0 Å². The van der Waals surface area contributed by atoms with E-state index in [0.717, 1.165) is 39.2 Å². The summed E-state index contributed by atoms with van der Waals surface area (Å²) in [6.45, 7) is 6.22. The zero-order chi connectivity index (χ0) is 16.5. The Balaban J connectivity index is 2.00. The summed E-state index contributed by atoms with van der Waals surface area (Å²) in [4.78, 5) is 1.39. The van der Waals surface area contributed by atoms with Crippen molar-refractivity contribution < 1.29 is 14.7 Å². The molecule has 0 aliphatic rings. The third kappa shape index (κ3) is 6.18. The molecule has 0 saturated carbocycles. The van der Waals surface area contributed by atoms with Crippen molar-refractivity contribution in [3.05, 3.63) is 59.9 Å². The SMILES string of the molecule is COCCC[NH+](Cc1cccn1Cc1ccccc1)C[C@@H](C)O.